The Labute approximate surface area is 141 Å². The zero-order valence-corrected chi connectivity index (χ0v) is 14.4. The number of carbonyl (C=O) groups excluding carboxylic acids is 1. The fraction of sp³-hybridized carbons (Fsp3) is 0.412. The van der Waals surface area contributed by atoms with E-state index in [1.165, 1.54) is 0 Å². The molecule has 24 heavy (non-hydrogen) atoms. The normalized spacial score (nSPS) is 17.3. The monoisotopic (exact) mass is 347 g/mol. The van der Waals surface area contributed by atoms with Crippen LogP contribution in [-0.2, 0) is 27.6 Å². The Morgan fingerprint density at radius 1 is 1.33 bits per heavy atom. The van der Waals surface area contributed by atoms with Crippen molar-refractivity contribution in [3.8, 4) is 0 Å². The van der Waals surface area contributed by atoms with Gasteiger partial charge in [-0.25, -0.2) is 13.4 Å². The van der Waals surface area contributed by atoms with Crippen LogP contribution in [0.5, 0.6) is 0 Å². The maximum Gasteiger partial charge on any atom is 0.221 e. The molecule has 0 unspecified atom stereocenters. The minimum Gasteiger partial charge on any atom is -0.352 e. The van der Waals surface area contributed by atoms with E-state index in [4.69, 9.17) is 0 Å². The number of rotatable bonds is 5. The summed E-state index contributed by atoms with van der Waals surface area (Å²) < 4.78 is 26.6. The lowest BCUT2D eigenvalue weighted by molar-refractivity contribution is -0.121. The van der Waals surface area contributed by atoms with E-state index < -0.39 is 9.84 Å². The van der Waals surface area contributed by atoms with E-state index in [1.54, 1.807) is 30.5 Å². The Bertz CT molecular complexity index is 825. The summed E-state index contributed by atoms with van der Waals surface area (Å²) in [6.07, 6.45) is 5.28. The molecular formula is C17H21N3O3S. The predicted octanol–water partition coefficient (Wildman–Crippen LogP) is 1.49. The van der Waals surface area contributed by atoms with Crippen LogP contribution in [-0.4, -0.2) is 35.7 Å². The summed E-state index contributed by atoms with van der Waals surface area (Å²) in [7, 11) is -3.43. The second-order valence-corrected chi connectivity index (χ2v) is 8.29. The molecule has 6 nitrogen and oxygen atoms in total. The van der Waals surface area contributed by atoms with Crippen molar-refractivity contribution in [3.05, 3.63) is 48.0 Å². The number of amides is 1. The number of aromatic nitrogens is 2. The van der Waals surface area contributed by atoms with Crippen LogP contribution >= 0.6 is 0 Å². The van der Waals surface area contributed by atoms with Crippen LogP contribution in [0.25, 0.3) is 0 Å². The van der Waals surface area contributed by atoms with E-state index in [2.05, 4.69) is 10.3 Å². The number of sulfone groups is 1. The molecule has 7 heteroatoms. The Morgan fingerprint density at radius 3 is 2.83 bits per heavy atom. The number of benzene rings is 1. The Morgan fingerprint density at radius 2 is 2.08 bits per heavy atom. The minimum absolute atomic E-state index is 0.0243. The molecule has 1 aliphatic heterocycles. The second-order valence-electron chi connectivity index (χ2n) is 6.18. The zero-order chi connectivity index (χ0) is 17.2. The lowest BCUT2D eigenvalue weighted by atomic mass is 10.1. The van der Waals surface area contributed by atoms with Crippen molar-refractivity contribution in [1.29, 1.82) is 0 Å². The third-order valence-electron chi connectivity index (χ3n) is 4.28. The molecule has 0 bridgehead atoms. The van der Waals surface area contributed by atoms with Crippen LogP contribution in [0.1, 0.15) is 24.2 Å². The van der Waals surface area contributed by atoms with E-state index in [1.807, 2.05) is 17.7 Å². The van der Waals surface area contributed by atoms with Crippen LogP contribution in [0.4, 0.5) is 0 Å². The summed E-state index contributed by atoms with van der Waals surface area (Å²) >= 11 is 0. The van der Waals surface area contributed by atoms with Gasteiger partial charge in [-0.3, -0.25) is 4.79 Å². The molecule has 1 N–H and O–H groups in total. The molecule has 128 valence electrons. The highest BCUT2D eigenvalue weighted by atomic mass is 32.2. The van der Waals surface area contributed by atoms with E-state index in [-0.39, 0.29) is 29.0 Å². The van der Waals surface area contributed by atoms with E-state index in [0.717, 1.165) is 24.2 Å². The molecule has 2 heterocycles. The van der Waals surface area contributed by atoms with E-state index >= 15 is 0 Å². The highest BCUT2D eigenvalue weighted by Gasteiger charge is 2.22. The standard InChI is InChI=1S/C17H21N3O3S/c1-13-2-5-15(6-3-13)24(22,23)11-8-17(21)19-14-4-7-16-18-9-10-20(16)12-14/h2-3,5-6,9-10,14H,4,7-8,11-12H2,1H3,(H,19,21)/t14-/m1/s1. The Kier molecular flexibility index (Phi) is 4.71. The van der Waals surface area contributed by atoms with Gasteiger partial charge in [0, 0.05) is 37.8 Å². The molecule has 0 radical (unpaired) electrons. The molecule has 0 saturated carbocycles. The molecule has 1 amide bonds. The summed E-state index contributed by atoms with van der Waals surface area (Å²) in [5.41, 5.74) is 1.00. The van der Waals surface area contributed by atoms with Gasteiger partial charge in [-0.2, -0.15) is 0 Å². The Balaban J connectivity index is 1.53. The van der Waals surface area contributed by atoms with Crippen LogP contribution in [0, 0.1) is 6.92 Å². The third-order valence-corrected chi connectivity index (χ3v) is 6.01. The van der Waals surface area contributed by atoms with Gasteiger partial charge in [0.15, 0.2) is 9.84 Å². The number of nitrogens with zero attached hydrogens (tertiary/aromatic N) is 2. The lowest BCUT2D eigenvalue weighted by Crippen LogP contribution is -2.41. The predicted molar refractivity (Wildman–Crippen MR) is 90.3 cm³/mol. The van der Waals surface area contributed by atoms with Gasteiger partial charge in [-0.15, -0.1) is 0 Å². The summed E-state index contributed by atoms with van der Waals surface area (Å²) in [5.74, 6) is 0.631. The number of hydrogen-bond donors (Lipinski definition) is 1. The van der Waals surface area contributed by atoms with Gasteiger partial charge in [0.2, 0.25) is 5.91 Å². The van der Waals surface area contributed by atoms with Crippen LogP contribution in [0.3, 0.4) is 0 Å². The minimum atomic E-state index is -3.43. The lowest BCUT2D eigenvalue weighted by Gasteiger charge is -2.24. The molecule has 1 atom stereocenters. The van der Waals surface area contributed by atoms with Crippen LogP contribution in [0.15, 0.2) is 41.6 Å². The average Bonchev–Trinajstić information content (AvgIpc) is 3.01. The average molecular weight is 347 g/mol. The van der Waals surface area contributed by atoms with E-state index in [0.29, 0.717) is 6.54 Å². The smallest absolute Gasteiger partial charge is 0.221 e. The van der Waals surface area contributed by atoms with Crippen molar-refractivity contribution in [3.63, 3.8) is 0 Å². The summed E-state index contributed by atoms with van der Waals surface area (Å²) in [4.78, 5) is 16.6. The van der Waals surface area contributed by atoms with Gasteiger partial charge in [0.05, 0.1) is 10.6 Å². The fourth-order valence-electron chi connectivity index (χ4n) is 2.87. The van der Waals surface area contributed by atoms with E-state index in [9.17, 15) is 13.2 Å². The second kappa shape index (κ2) is 6.76. The van der Waals surface area contributed by atoms with Crippen LogP contribution < -0.4 is 5.32 Å². The molecular weight excluding hydrogens is 326 g/mol. The first-order valence-electron chi connectivity index (χ1n) is 8.03. The summed E-state index contributed by atoms with van der Waals surface area (Å²) in [5, 5.41) is 2.93. The van der Waals surface area contributed by atoms with Gasteiger partial charge < -0.3 is 9.88 Å². The van der Waals surface area contributed by atoms with Crippen molar-refractivity contribution >= 4 is 15.7 Å². The first-order valence-corrected chi connectivity index (χ1v) is 9.68. The van der Waals surface area contributed by atoms with Crippen molar-refractivity contribution in [1.82, 2.24) is 14.9 Å². The number of hydrogen-bond acceptors (Lipinski definition) is 4. The maximum atomic E-state index is 12.3. The molecule has 1 aromatic carbocycles. The summed E-state index contributed by atoms with van der Waals surface area (Å²) in [6.45, 7) is 2.59. The van der Waals surface area contributed by atoms with Gasteiger partial charge in [-0.05, 0) is 25.5 Å². The molecule has 2 aromatic rings. The molecule has 0 aliphatic carbocycles. The number of nitrogens with one attached hydrogen (secondary N) is 1. The molecule has 3 rings (SSSR count). The number of carbonyl (C=O) groups is 1. The van der Waals surface area contributed by atoms with Gasteiger partial charge in [0.1, 0.15) is 5.82 Å². The first-order chi connectivity index (χ1) is 11.4. The van der Waals surface area contributed by atoms with Crippen molar-refractivity contribution in [2.75, 3.05) is 5.75 Å². The number of fused-ring (bicyclic) bond motifs is 1. The largest absolute Gasteiger partial charge is 0.352 e. The van der Waals surface area contributed by atoms with Crippen molar-refractivity contribution < 1.29 is 13.2 Å². The molecule has 0 saturated heterocycles. The molecule has 0 fully saturated rings. The van der Waals surface area contributed by atoms with Gasteiger partial charge in [0.25, 0.3) is 0 Å². The zero-order valence-electron chi connectivity index (χ0n) is 13.6. The number of aryl methyl sites for hydroxylation is 2. The van der Waals surface area contributed by atoms with Gasteiger partial charge >= 0.3 is 0 Å². The summed E-state index contributed by atoms with van der Waals surface area (Å²) in [6, 6.07) is 6.73. The quantitative estimate of drug-likeness (QED) is 0.888. The molecule has 1 aromatic heterocycles. The molecule has 0 spiro atoms. The highest BCUT2D eigenvalue weighted by molar-refractivity contribution is 7.91. The maximum absolute atomic E-state index is 12.3. The highest BCUT2D eigenvalue weighted by Crippen LogP contribution is 2.15. The van der Waals surface area contributed by atoms with Crippen molar-refractivity contribution in [2.45, 2.75) is 43.7 Å². The first kappa shape index (κ1) is 16.7. The van der Waals surface area contributed by atoms with Crippen molar-refractivity contribution in [2.24, 2.45) is 0 Å². The molecule has 1 aliphatic rings. The Hall–Kier alpha value is -2.15. The van der Waals surface area contributed by atoms with Crippen LogP contribution in [0.2, 0.25) is 0 Å². The SMILES string of the molecule is Cc1ccc(S(=O)(=O)CCC(=O)N[C@@H]2CCc3nccn3C2)cc1. The van der Waals surface area contributed by atoms with Gasteiger partial charge in [-0.1, -0.05) is 17.7 Å². The topological polar surface area (TPSA) is 81.1 Å². The number of imidazole rings is 1. The fourth-order valence-corrected chi connectivity index (χ4v) is 4.12. The third kappa shape index (κ3) is 3.84.